The average molecular weight is 196 g/mol. The van der Waals surface area contributed by atoms with Crippen molar-refractivity contribution in [1.82, 2.24) is 10.2 Å². The number of likely N-dealkylation sites (tertiary alicyclic amines) is 1. The Balaban J connectivity index is 1.88. The predicted octanol–water partition coefficient (Wildman–Crippen LogP) is 2.00. The fourth-order valence-corrected chi connectivity index (χ4v) is 3.16. The molecule has 0 radical (unpaired) electrons. The van der Waals surface area contributed by atoms with Gasteiger partial charge < -0.3 is 5.32 Å². The van der Waals surface area contributed by atoms with Crippen LogP contribution in [0.25, 0.3) is 0 Å². The highest BCUT2D eigenvalue weighted by atomic mass is 15.2. The molecule has 0 aromatic heterocycles. The van der Waals surface area contributed by atoms with Crippen LogP contribution in [-0.2, 0) is 0 Å². The third-order valence-corrected chi connectivity index (χ3v) is 4.13. The van der Waals surface area contributed by atoms with Crippen molar-refractivity contribution in [3.8, 4) is 0 Å². The van der Waals surface area contributed by atoms with Gasteiger partial charge in [0.2, 0.25) is 0 Å². The second-order valence-corrected chi connectivity index (χ2v) is 5.19. The summed E-state index contributed by atoms with van der Waals surface area (Å²) in [7, 11) is 0. The van der Waals surface area contributed by atoms with E-state index in [2.05, 4.69) is 24.1 Å². The second-order valence-electron chi connectivity index (χ2n) is 5.19. The fraction of sp³-hybridized carbons (Fsp3) is 1.00. The third-order valence-electron chi connectivity index (χ3n) is 4.13. The van der Waals surface area contributed by atoms with Crippen molar-refractivity contribution < 1.29 is 0 Å². The number of hydrogen-bond acceptors (Lipinski definition) is 2. The largest absolute Gasteiger partial charge is 0.313 e. The van der Waals surface area contributed by atoms with Crippen molar-refractivity contribution >= 4 is 0 Å². The quantitative estimate of drug-likeness (QED) is 0.743. The van der Waals surface area contributed by atoms with E-state index in [1.54, 1.807) is 0 Å². The zero-order chi connectivity index (χ0) is 10.0. The molecule has 1 saturated heterocycles. The molecule has 2 rings (SSSR count). The Labute approximate surface area is 88.1 Å². The molecule has 14 heavy (non-hydrogen) atoms. The highest BCUT2D eigenvalue weighted by Gasteiger charge is 2.38. The maximum atomic E-state index is 3.57. The summed E-state index contributed by atoms with van der Waals surface area (Å²) < 4.78 is 0. The average Bonchev–Trinajstić information content (AvgIpc) is 2.75. The lowest BCUT2D eigenvalue weighted by Crippen LogP contribution is -2.44. The number of rotatable bonds is 3. The molecule has 0 amide bonds. The Morgan fingerprint density at radius 2 is 2.07 bits per heavy atom. The van der Waals surface area contributed by atoms with Gasteiger partial charge in [0, 0.05) is 24.7 Å². The second kappa shape index (κ2) is 4.19. The summed E-state index contributed by atoms with van der Waals surface area (Å²) in [5.41, 5.74) is 0.546. The van der Waals surface area contributed by atoms with Gasteiger partial charge in [-0.2, -0.15) is 0 Å². The Kier molecular flexibility index (Phi) is 3.13. The molecular formula is C12H24N2. The Hall–Kier alpha value is -0.0800. The van der Waals surface area contributed by atoms with Gasteiger partial charge >= 0.3 is 0 Å². The highest BCUT2D eigenvalue weighted by Crippen LogP contribution is 2.36. The van der Waals surface area contributed by atoms with E-state index < -0.39 is 0 Å². The lowest BCUT2D eigenvalue weighted by molar-refractivity contribution is 0.138. The van der Waals surface area contributed by atoms with Gasteiger partial charge in [-0.3, -0.25) is 4.90 Å². The molecule has 1 N–H and O–H groups in total. The van der Waals surface area contributed by atoms with Gasteiger partial charge in [-0.1, -0.05) is 19.8 Å². The summed E-state index contributed by atoms with van der Waals surface area (Å²) in [4.78, 5) is 2.73. The van der Waals surface area contributed by atoms with E-state index in [1.807, 2.05) is 0 Å². The maximum Gasteiger partial charge on any atom is 0.0207 e. The molecule has 82 valence electrons. The molecule has 0 aromatic carbocycles. The number of likely N-dealkylation sites (N-methyl/N-ethyl adjacent to an activating group) is 1. The minimum absolute atomic E-state index is 0.546. The van der Waals surface area contributed by atoms with Gasteiger partial charge in [0.25, 0.3) is 0 Å². The lowest BCUT2D eigenvalue weighted by Gasteiger charge is -2.35. The van der Waals surface area contributed by atoms with Gasteiger partial charge in [-0.05, 0) is 32.7 Å². The molecule has 2 nitrogen and oxygen atoms in total. The van der Waals surface area contributed by atoms with Crippen LogP contribution in [0.3, 0.4) is 0 Å². The SMILES string of the molecule is CCNC1CCN(C2(C)CCCC2)C1. The van der Waals surface area contributed by atoms with Crippen LogP contribution < -0.4 is 5.32 Å². The van der Waals surface area contributed by atoms with Crippen LogP contribution in [0.1, 0.15) is 46.0 Å². The monoisotopic (exact) mass is 196 g/mol. The maximum absolute atomic E-state index is 3.57. The summed E-state index contributed by atoms with van der Waals surface area (Å²) in [6, 6.07) is 0.762. The Morgan fingerprint density at radius 3 is 2.71 bits per heavy atom. The van der Waals surface area contributed by atoms with Crippen LogP contribution in [0.15, 0.2) is 0 Å². The summed E-state index contributed by atoms with van der Waals surface area (Å²) in [6.45, 7) is 8.39. The van der Waals surface area contributed by atoms with Crippen LogP contribution in [0.5, 0.6) is 0 Å². The fourth-order valence-electron chi connectivity index (χ4n) is 3.16. The lowest BCUT2D eigenvalue weighted by atomic mass is 9.99. The van der Waals surface area contributed by atoms with Gasteiger partial charge in [0.15, 0.2) is 0 Å². The van der Waals surface area contributed by atoms with Gasteiger partial charge in [-0.25, -0.2) is 0 Å². The first kappa shape index (κ1) is 10.4. The molecule has 0 bridgehead atoms. The molecule has 2 fully saturated rings. The molecule has 1 atom stereocenters. The summed E-state index contributed by atoms with van der Waals surface area (Å²) in [5, 5.41) is 3.57. The van der Waals surface area contributed by atoms with E-state index in [1.165, 1.54) is 45.2 Å². The van der Waals surface area contributed by atoms with Crippen LogP contribution >= 0.6 is 0 Å². The van der Waals surface area contributed by atoms with Crippen LogP contribution in [0.4, 0.5) is 0 Å². The van der Waals surface area contributed by atoms with E-state index in [9.17, 15) is 0 Å². The Morgan fingerprint density at radius 1 is 1.36 bits per heavy atom. The van der Waals surface area contributed by atoms with Crippen molar-refractivity contribution in [3.63, 3.8) is 0 Å². The van der Waals surface area contributed by atoms with Gasteiger partial charge in [0.05, 0.1) is 0 Å². The number of nitrogens with one attached hydrogen (secondary N) is 1. The summed E-state index contributed by atoms with van der Waals surface area (Å²) >= 11 is 0. The molecule has 0 aromatic rings. The normalized spacial score (nSPS) is 32.6. The van der Waals surface area contributed by atoms with E-state index in [-0.39, 0.29) is 0 Å². The van der Waals surface area contributed by atoms with E-state index >= 15 is 0 Å². The molecule has 1 heterocycles. The first-order valence-corrected chi connectivity index (χ1v) is 6.23. The topological polar surface area (TPSA) is 15.3 Å². The third kappa shape index (κ3) is 1.96. The van der Waals surface area contributed by atoms with Crippen molar-refractivity contribution in [3.05, 3.63) is 0 Å². The molecule has 1 unspecified atom stereocenters. The van der Waals surface area contributed by atoms with E-state index in [0.717, 1.165) is 12.6 Å². The van der Waals surface area contributed by atoms with Crippen LogP contribution in [-0.4, -0.2) is 36.1 Å². The summed E-state index contributed by atoms with van der Waals surface area (Å²) in [6.07, 6.45) is 7.08. The zero-order valence-corrected chi connectivity index (χ0v) is 9.68. The molecule has 2 heteroatoms. The molecular weight excluding hydrogens is 172 g/mol. The van der Waals surface area contributed by atoms with E-state index in [4.69, 9.17) is 0 Å². The van der Waals surface area contributed by atoms with Gasteiger partial charge in [-0.15, -0.1) is 0 Å². The Bertz CT molecular complexity index is 185. The van der Waals surface area contributed by atoms with Gasteiger partial charge in [0.1, 0.15) is 0 Å². The van der Waals surface area contributed by atoms with Crippen LogP contribution in [0.2, 0.25) is 0 Å². The highest BCUT2D eigenvalue weighted by molar-refractivity contribution is 4.95. The summed E-state index contributed by atoms with van der Waals surface area (Å²) in [5.74, 6) is 0. The molecule has 1 saturated carbocycles. The van der Waals surface area contributed by atoms with Crippen LogP contribution in [0, 0.1) is 0 Å². The minimum atomic E-state index is 0.546. The van der Waals surface area contributed by atoms with Crippen molar-refractivity contribution in [2.75, 3.05) is 19.6 Å². The van der Waals surface area contributed by atoms with Crippen molar-refractivity contribution in [1.29, 1.82) is 0 Å². The molecule has 2 aliphatic rings. The first-order chi connectivity index (χ1) is 6.74. The van der Waals surface area contributed by atoms with Crippen molar-refractivity contribution in [2.24, 2.45) is 0 Å². The van der Waals surface area contributed by atoms with E-state index in [0.29, 0.717) is 5.54 Å². The number of nitrogens with zero attached hydrogens (tertiary/aromatic N) is 1. The first-order valence-electron chi connectivity index (χ1n) is 6.23. The standard InChI is InChI=1S/C12H24N2/c1-3-13-11-6-9-14(10-11)12(2)7-4-5-8-12/h11,13H,3-10H2,1-2H3. The molecule has 1 aliphatic heterocycles. The molecule has 0 spiro atoms. The zero-order valence-electron chi connectivity index (χ0n) is 9.68. The predicted molar refractivity (Wildman–Crippen MR) is 60.5 cm³/mol. The smallest absolute Gasteiger partial charge is 0.0207 e. The van der Waals surface area contributed by atoms with Crippen molar-refractivity contribution in [2.45, 2.75) is 57.5 Å². The number of hydrogen-bond donors (Lipinski definition) is 1. The molecule has 1 aliphatic carbocycles. The minimum Gasteiger partial charge on any atom is -0.313 e.